The SMILES string of the molecule is O=C1CC(=Cc2cnn3c(NCCc4cccc(F)c4)nc(NC4CC4)nc23)C(=O)N1. The molecule has 2 amide bonds. The monoisotopic (exact) mass is 421 g/mol. The Labute approximate surface area is 176 Å². The van der Waals surface area contributed by atoms with Crippen LogP contribution in [0.25, 0.3) is 11.7 Å². The molecule has 5 rings (SSSR count). The van der Waals surface area contributed by atoms with Crippen LogP contribution < -0.4 is 16.0 Å². The van der Waals surface area contributed by atoms with Crippen LogP contribution in [0.15, 0.2) is 36.0 Å². The van der Waals surface area contributed by atoms with Gasteiger partial charge in [-0.05, 0) is 43.0 Å². The number of nitrogens with zero attached hydrogens (tertiary/aromatic N) is 4. The third kappa shape index (κ3) is 4.23. The summed E-state index contributed by atoms with van der Waals surface area (Å²) in [6.45, 7) is 0.519. The smallest absolute Gasteiger partial charge is 0.254 e. The van der Waals surface area contributed by atoms with Gasteiger partial charge < -0.3 is 10.6 Å². The van der Waals surface area contributed by atoms with Crippen molar-refractivity contribution >= 4 is 35.4 Å². The summed E-state index contributed by atoms with van der Waals surface area (Å²) in [5, 5.41) is 13.2. The number of fused-ring (bicyclic) bond motifs is 1. The van der Waals surface area contributed by atoms with Gasteiger partial charge in [-0.25, -0.2) is 4.39 Å². The van der Waals surface area contributed by atoms with E-state index in [1.54, 1.807) is 22.9 Å². The Morgan fingerprint density at radius 1 is 1.26 bits per heavy atom. The normalized spacial score (nSPS) is 17.4. The van der Waals surface area contributed by atoms with Gasteiger partial charge in [0.25, 0.3) is 5.91 Å². The maximum absolute atomic E-state index is 13.4. The third-order valence-corrected chi connectivity index (χ3v) is 5.12. The highest BCUT2D eigenvalue weighted by Gasteiger charge is 2.25. The van der Waals surface area contributed by atoms with E-state index in [0.717, 1.165) is 18.4 Å². The van der Waals surface area contributed by atoms with Crippen molar-refractivity contribution in [3.63, 3.8) is 0 Å². The van der Waals surface area contributed by atoms with Crippen LogP contribution in [0.1, 0.15) is 30.4 Å². The summed E-state index contributed by atoms with van der Waals surface area (Å²) in [4.78, 5) is 32.5. The minimum absolute atomic E-state index is 0.0349. The molecule has 1 aromatic carbocycles. The van der Waals surface area contributed by atoms with Crippen molar-refractivity contribution < 1.29 is 14.0 Å². The zero-order valence-electron chi connectivity index (χ0n) is 16.6. The zero-order chi connectivity index (χ0) is 21.4. The number of nitrogens with one attached hydrogen (secondary N) is 3. The van der Waals surface area contributed by atoms with Crippen molar-refractivity contribution in [2.75, 3.05) is 17.2 Å². The lowest BCUT2D eigenvalue weighted by molar-refractivity contribution is -0.124. The van der Waals surface area contributed by atoms with Gasteiger partial charge in [-0.15, -0.1) is 0 Å². The van der Waals surface area contributed by atoms with Crippen molar-refractivity contribution in [3.8, 4) is 0 Å². The number of amides is 2. The number of carbonyl (C=O) groups is 2. The van der Waals surface area contributed by atoms with Gasteiger partial charge in [0.15, 0.2) is 5.65 Å². The molecular weight excluding hydrogens is 401 g/mol. The van der Waals surface area contributed by atoms with Crippen LogP contribution >= 0.6 is 0 Å². The zero-order valence-corrected chi connectivity index (χ0v) is 16.6. The molecule has 31 heavy (non-hydrogen) atoms. The highest BCUT2D eigenvalue weighted by atomic mass is 19.1. The van der Waals surface area contributed by atoms with Crippen molar-refractivity contribution in [3.05, 3.63) is 53.0 Å². The van der Waals surface area contributed by atoms with Crippen molar-refractivity contribution in [1.29, 1.82) is 0 Å². The van der Waals surface area contributed by atoms with Gasteiger partial charge in [-0.1, -0.05) is 12.1 Å². The van der Waals surface area contributed by atoms with E-state index in [1.807, 2.05) is 6.07 Å². The number of carbonyl (C=O) groups excluding carboxylic acids is 2. The Balaban J connectivity index is 1.44. The van der Waals surface area contributed by atoms with Crippen molar-refractivity contribution in [1.82, 2.24) is 24.9 Å². The number of benzene rings is 1. The number of halogens is 1. The van der Waals surface area contributed by atoms with Crippen LogP contribution in [0.4, 0.5) is 16.3 Å². The van der Waals surface area contributed by atoms with E-state index in [0.29, 0.717) is 47.7 Å². The van der Waals surface area contributed by atoms with E-state index in [4.69, 9.17) is 0 Å². The highest BCUT2D eigenvalue weighted by Crippen LogP contribution is 2.25. The average molecular weight is 421 g/mol. The summed E-state index contributed by atoms with van der Waals surface area (Å²) in [6.07, 6.45) is 5.99. The Morgan fingerprint density at radius 3 is 2.87 bits per heavy atom. The van der Waals surface area contributed by atoms with Gasteiger partial charge in [0.1, 0.15) is 5.82 Å². The number of hydrogen-bond donors (Lipinski definition) is 3. The molecule has 0 unspecified atom stereocenters. The molecule has 1 saturated carbocycles. The maximum atomic E-state index is 13.4. The molecule has 10 heteroatoms. The second kappa shape index (κ2) is 7.78. The van der Waals surface area contributed by atoms with E-state index in [2.05, 4.69) is 31.0 Å². The fraction of sp³-hybridized carbons (Fsp3) is 0.286. The van der Waals surface area contributed by atoms with Gasteiger partial charge in [-0.2, -0.15) is 19.6 Å². The van der Waals surface area contributed by atoms with Crippen molar-refractivity contribution in [2.45, 2.75) is 31.7 Å². The number of anilines is 2. The minimum Gasteiger partial charge on any atom is -0.354 e. The molecule has 1 aliphatic carbocycles. The summed E-state index contributed by atoms with van der Waals surface area (Å²) in [5.41, 5.74) is 2.38. The van der Waals surface area contributed by atoms with Gasteiger partial charge in [0, 0.05) is 23.7 Å². The molecule has 2 aromatic heterocycles. The van der Waals surface area contributed by atoms with Crippen LogP contribution in [0.2, 0.25) is 0 Å². The molecule has 3 heterocycles. The molecule has 9 nitrogen and oxygen atoms in total. The average Bonchev–Trinajstić information content (AvgIpc) is 3.36. The molecule has 0 atom stereocenters. The fourth-order valence-electron chi connectivity index (χ4n) is 3.41. The third-order valence-electron chi connectivity index (χ3n) is 5.12. The first-order valence-corrected chi connectivity index (χ1v) is 10.1. The lowest BCUT2D eigenvalue weighted by Crippen LogP contribution is -2.19. The topological polar surface area (TPSA) is 113 Å². The van der Waals surface area contributed by atoms with E-state index in [-0.39, 0.29) is 18.1 Å². The van der Waals surface area contributed by atoms with Gasteiger partial charge >= 0.3 is 0 Å². The highest BCUT2D eigenvalue weighted by molar-refractivity contribution is 6.15. The summed E-state index contributed by atoms with van der Waals surface area (Å²) in [6, 6.07) is 6.82. The minimum atomic E-state index is -0.400. The summed E-state index contributed by atoms with van der Waals surface area (Å²) >= 11 is 0. The number of imide groups is 1. The molecule has 1 saturated heterocycles. The maximum Gasteiger partial charge on any atom is 0.254 e. The summed E-state index contributed by atoms with van der Waals surface area (Å²) in [5.74, 6) is -0.0325. The predicted molar refractivity (Wildman–Crippen MR) is 112 cm³/mol. The molecule has 0 spiro atoms. The van der Waals surface area contributed by atoms with Crippen LogP contribution in [0.5, 0.6) is 0 Å². The quantitative estimate of drug-likeness (QED) is 0.395. The van der Waals surface area contributed by atoms with Crippen LogP contribution in [0.3, 0.4) is 0 Å². The van der Waals surface area contributed by atoms with E-state index in [9.17, 15) is 14.0 Å². The van der Waals surface area contributed by atoms with Gasteiger partial charge in [0.05, 0.1) is 12.6 Å². The lowest BCUT2D eigenvalue weighted by atomic mass is 10.1. The van der Waals surface area contributed by atoms with E-state index in [1.165, 1.54) is 12.1 Å². The molecule has 2 fully saturated rings. The first-order valence-electron chi connectivity index (χ1n) is 10.1. The fourth-order valence-corrected chi connectivity index (χ4v) is 3.41. The van der Waals surface area contributed by atoms with Crippen LogP contribution in [-0.4, -0.2) is 44.0 Å². The summed E-state index contributed by atoms with van der Waals surface area (Å²) < 4.78 is 15.0. The van der Waals surface area contributed by atoms with Crippen LogP contribution in [0, 0.1) is 5.82 Å². The van der Waals surface area contributed by atoms with Gasteiger partial charge in [0.2, 0.25) is 17.8 Å². The van der Waals surface area contributed by atoms with E-state index < -0.39 is 5.91 Å². The lowest BCUT2D eigenvalue weighted by Gasteiger charge is -2.10. The number of hydrogen-bond acceptors (Lipinski definition) is 7. The molecule has 3 aromatic rings. The predicted octanol–water partition coefficient (Wildman–Crippen LogP) is 1.92. The molecule has 0 bridgehead atoms. The van der Waals surface area contributed by atoms with Crippen molar-refractivity contribution in [2.24, 2.45) is 0 Å². The molecule has 0 radical (unpaired) electrons. The number of aromatic nitrogens is 4. The Morgan fingerprint density at radius 2 is 2.13 bits per heavy atom. The number of rotatable bonds is 7. The van der Waals surface area contributed by atoms with Gasteiger partial charge in [-0.3, -0.25) is 14.9 Å². The Kier molecular flexibility index (Phi) is 4.81. The second-order valence-electron chi connectivity index (χ2n) is 7.66. The first kappa shape index (κ1) is 19.2. The largest absolute Gasteiger partial charge is 0.354 e. The van der Waals surface area contributed by atoms with Crippen LogP contribution in [-0.2, 0) is 16.0 Å². The Hall–Kier alpha value is -3.82. The molecule has 3 N–H and O–H groups in total. The Bertz CT molecular complexity index is 1220. The molecule has 2 aliphatic rings. The standard InChI is InChI=1S/C21H20FN7O2/c22-15-3-1-2-12(8-15)6-7-23-21-28-20(25-16-4-5-16)27-18-14(11-24-29(18)21)9-13-10-17(30)26-19(13)31/h1-3,8-9,11,16H,4-7,10H2,(H,26,30,31)(H2,23,25,27,28). The van der Waals surface area contributed by atoms with E-state index >= 15 is 0 Å². The molecule has 158 valence electrons. The second-order valence-corrected chi connectivity index (χ2v) is 7.66. The molecule has 1 aliphatic heterocycles. The summed E-state index contributed by atoms with van der Waals surface area (Å²) in [7, 11) is 0. The first-order chi connectivity index (χ1) is 15.0. The molecular formula is C21H20FN7O2.